The largest absolute Gasteiger partial charge is 0.465 e. The van der Waals surface area contributed by atoms with Crippen molar-refractivity contribution in [3.05, 3.63) is 125 Å². The molecular weight excluding hydrogens is 574 g/mol. The molecule has 5 rings (SSSR count). The van der Waals surface area contributed by atoms with Crippen LogP contribution >= 0.6 is 0 Å². The zero-order valence-electron chi connectivity index (χ0n) is 26.7. The van der Waals surface area contributed by atoms with Gasteiger partial charge in [-0.15, -0.1) is 0 Å². The maximum atomic E-state index is 13.4. The van der Waals surface area contributed by atoms with E-state index in [2.05, 4.69) is 35.7 Å². The minimum atomic E-state index is -0.783. The van der Waals surface area contributed by atoms with Crippen LogP contribution in [-0.4, -0.2) is 33.8 Å². The Morgan fingerprint density at radius 1 is 1.07 bits per heavy atom. The van der Waals surface area contributed by atoms with Gasteiger partial charge in [-0.2, -0.15) is 5.10 Å². The molecule has 1 aliphatic heterocycles. The van der Waals surface area contributed by atoms with Crippen LogP contribution in [0.5, 0.6) is 0 Å². The highest BCUT2D eigenvalue weighted by Gasteiger charge is 2.31. The smallest absolute Gasteiger partial charge is 0.316 e. The molecule has 2 aromatic carbocycles. The molecule has 0 radical (unpaired) electrons. The van der Waals surface area contributed by atoms with E-state index in [9.17, 15) is 13.6 Å². The molecule has 5 N–H and O–H groups in total. The van der Waals surface area contributed by atoms with Gasteiger partial charge in [0.1, 0.15) is 11.5 Å². The van der Waals surface area contributed by atoms with Crippen LogP contribution in [0.1, 0.15) is 56.3 Å². The minimum Gasteiger partial charge on any atom is -0.465 e. The summed E-state index contributed by atoms with van der Waals surface area (Å²) in [6.45, 7) is 14.4. The Bertz CT molecular complexity index is 1590. The van der Waals surface area contributed by atoms with Gasteiger partial charge in [0, 0.05) is 55.6 Å². The quantitative estimate of drug-likeness (QED) is 0.152. The highest BCUT2D eigenvalue weighted by molar-refractivity contribution is 5.79. The van der Waals surface area contributed by atoms with Gasteiger partial charge in [-0.25, -0.2) is 13.6 Å². The number of allylic oxidation sites excluding steroid dienone is 3. The molecule has 0 bridgehead atoms. The van der Waals surface area contributed by atoms with E-state index in [0.717, 1.165) is 65.5 Å². The summed E-state index contributed by atoms with van der Waals surface area (Å²) >= 11 is 0. The minimum absolute atomic E-state index is 0.232. The number of nitrogens with one attached hydrogen (secondary N) is 1. The molecule has 8 nitrogen and oxygen atoms in total. The zero-order chi connectivity index (χ0) is 33.1. The number of aromatic nitrogens is 2. The standard InChI is InChI=1S/C18H21F2NO.C11H16N4O.C6H7N/c1-3-14-5-6-15(22-14)10-21-9-12(2)16(11-21)13-4-7-17(19)18(20)8-13;1-7(9(3)14-11(12)16)8(2)10-5-13-15(4)6-10;7-6-4-2-1-3-5-6/h4-8,12,16H,3,9-11H2,1-2H3;5-6H,2H2,1,3-4H3,(H3,12,14,16);1-5H,7H2/b;9-7+;/t12-,16-;;/m1../s1. The SMILES string of the molecule is C=C(/C(C)=C(\C)NC(N)=O)c1cnn(C)c1.CCc1ccc(CN2C[C@@H](C)[C@H](c3ccc(F)c(F)c3)C2)o1.Nc1ccccc1. The van der Waals surface area contributed by atoms with E-state index in [1.807, 2.05) is 62.6 Å². The van der Waals surface area contributed by atoms with Crippen molar-refractivity contribution < 1.29 is 18.0 Å². The second-order valence-electron chi connectivity index (χ2n) is 11.2. The number of likely N-dealkylation sites (tertiary alicyclic amines) is 1. The lowest BCUT2D eigenvalue weighted by molar-refractivity contribution is 0.251. The van der Waals surface area contributed by atoms with Crippen LogP contribution in [0.2, 0.25) is 0 Å². The molecule has 0 saturated carbocycles. The predicted octanol–water partition coefficient (Wildman–Crippen LogP) is 7.02. The summed E-state index contributed by atoms with van der Waals surface area (Å²) in [5, 5.41) is 6.59. The molecule has 1 saturated heterocycles. The maximum absolute atomic E-state index is 13.4. The van der Waals surface area contributed by atoms with Gasteiger partial charge in [-0.1, -0.05) is 44.7 Å². The molecule has 240 valence electrons. The number of nitrogens with two attached hydrogens (primary N) is 2. The second kappa shape index (κ2) is 16.4. The first-order valence-corrected chi connectivity index (χ1v) is 14.9. The molecule has 1 aliphatic rings. The number of nitrogens with zero attached hydrogens (tertiary/aromatic N) is 3. The van der Waals surface area contributed by atoms with Crippen molar-refractivity contribution in [2.24, 2.45) is 18.7 Å². The summed E-state index contributed by atoms with van der Waals surface area (Å²) in [6, 6.07) is 17.2. The van der Waals surface area contributed by atoms with Gasteiger partial charge in [0.05, 0.1) is 12.7 Å². The number of benzene rings is 2. The summed E-state index contributed by atoms with van der Waals surface area (Å²) in [5.74, 6) is 1.06. The Kier molecular flexibility index (Phi) is 12.7. The second-order valence-corrected chi connectivity index (χ2v) is 11.2. The number of urea groups is 1. The van der Waals surface area contributed by atoms with Crippen molar-refractivity contribution in [2.45, 2.75) is 46.6 Å². The van der Waals surface area contributed by atoms with Crippen LogP contribution in [0, 0.1) is 17.6 Å². The number of halogens is 2. The third-order valence-corrected chi connectivity index (χ3v) is 7.68. The number of aryl methyl sites for hydroxylation is 2. The fourth-order valence-electron chi connectivity index (χ4n) is 5.04. The van der Waals surface area contributed by atoms with Crippen molar-refractivity contribution >= 4 is 17.3 Å². The Morgan fingerprint density at radius 2 is 1.76 bits per heavy atom. The normalized spacial score (nSPS) is 16.5. The number of primary amides is 1. The van der Waals surface area contributed by atoms with E-state index < -0.39 is 17.7 Å². The van der Waals surface area contributed by atoms with Gasteiger partial charge in [0.25, 0.3) is 0 Å². The Morgan fingerprint density at radius 3 is 2.29 bits per heavy atom. The summed E-state index contributed by atoms with van der Waals surface area (Å²) in [4.78, 5) is 13.0. The molecule has 0 aliphatic carbocycles. The number of hydrogen-bond donors (Lipinski definition) is 3. The van der Waals surface area contributed by atoms with E-state index in [-0.39, 0.29) is 5.92 Å². The summed E-state index contributed by atoms with van der Waals surface area (Å²) in [5.41, 5.74) is 15.4. The van der Waals surface area contributed by atoms with Crippen LogP contribution in [0.4, 0.5) is 19.3 Å². The van der Waals surface area contributed by atoms with Gasteiger partial charge in [0.15, 0.2) is 11.6 Å². The van der Waals surface area contributed by atoms with Crippen molar-refractivity contribution in [1.82, 2.24) is 20.0 Å². The highest BCUT2D eigenvalue weighted by Crippen LogP contribution is 2.34. The highest BCUT2D eigenvalue weighted by atomic mass is 19.2. The van der Waals surface area contributed by atoms with Crippen LogP contribution < -0.4 is 16.8 Å². The average molecular weight is 619 g/mol. The van der Waals surface area contributed by atoms with Gasteiger partial charge in [0.2, 0.25) is 0 Å². The fourth-order valence-corrected chi connectivity index (χ4v) is 5.04. The van der Waals surface area contributed by atoms with E-state index >= 15 is 0 Å². The van der Waals surface area contributed by atoms with Gasteiger partial charge < -0.3 is 21.2 Å². The molecule has 2 atom stereocenters. The van der Waals surface area contributed by atoms with E-state index in [1.165, 1.54) is 12.1 Å². The fraction of sp³-hybridized carbons (Fsp3) is 0.314. The molecule has 2 amide bonds. The van der Waals surface area contributed by atoms with Crippen molar-refractivity contribution in [3.8, 4) is 0 Å². The monoisotopic (exact) mass is 618 g/mol. The number of anilines is 1. The lowest BCUT2D eigenvalue weighted by Crippen LogP contribution is -2.28. The number of carbonyl (C=O) groups excluding carboxylic acids is 1. The molecule has 0 unspecified atom stereocenters. The summed E-state index contributed by atoms with van der Waals surface area (Å²) < 4.78 is 34.0. The molecular formula is C35H44F2N6O2. The van der Waals surface area contributed by atoms with Crippen molar-refractivity contribution in [3.63, 3.8) is 0 Å². The average Bonchev–Trinajstić information content (AvgIpc) is 3.74. The lowest BCUT2D eigenvalue weighted by Gasteiger charge is -2.15. The third-order valence-electron chi connectivity index (χ3n) is 7.68. The first-order chi connectivity index (χ1) is 21.4. The first kappa shape index (κ1) is 34.8. The number of para-hydroxylation sites is 1. The predicted molar refractivity (Wildman–Crippen MR) is 176 cm³/mol. The Balaban J connectivity index is 0.000000209. The van der Waals surface area contributed by atoms with Crippen molar-refractivity contribution in [2.75, 3.05) is 18.8 Å². The van der Waals surface area contributed by atoms with Crippen molar-refractivity contribution in [1.29, 1.82) is 0 Å². The lowest BCUT2D eigenvalue weighted by atomic mass is 9.90. The first-order valence-electron chi connectivity index (χ1n) is 14.9. The number of amides is 2. The zero-order valence-corrected chi connectivity index (χ0v) is 26.7. The van der Waals surface area contributed by atoms with E-state index in [1.54, 1.807) is 23.9 Å². The molecule has 45 heavy (non-hydrogen) atoms. The molecule has 10 heteroatoms. The van der Waals surface area contributed by atoms with E-state index in [0.29, 0.717) is 11.6 Å². The maximum Gasteiger partial charge on any atom is 0.316 e. The number of carbonyl (C=O) groups is 1. The Labute approximate surface area is 264 Å². The number of rotatable bonds is 7. The van der Waals surface area contributed by atoms with Crippen LogP contribution in [-0.2, 0) is 20.0 Å². The molecule has 1 fully saturated rings. The number of nitrogen functional groups attached to an aromatic ring is 1. The molecule has 4 aromatic rings. The van der Waals surface area contributed by atoms with Gasteiger partial charge in [-0.05, 0) is 72.9 Å². The topological polar surface area (TPSA) is 115 Å². The van der Waals surface area contributed by atoms with Crippen LogP contribution in [0.15, 0.2) is 95.3 Å². The summed E-state index contributed by atoms with van der Waals surface area (Å²) in [6.07, 6.45) is 4.49. The molecule has 0 spiro atoms. The molecule has 3 heterocycles. The number of hydrogen-bond acceptors (Lipinski definition) is 5. The van der Waals surface area contributed by atoms with Gasteiger partial charge in [-0.3, -0.25) is 9.58 Å². The number of furan rings is 1. The Hall–Kier alpha value is -4.70. The molecule has 2 aromatic heterocycles. The van der Waals surface area contributed by atoms with E-state index in [4.69, 9.17) is 15.9 Å². The van der Waals surface area contributed by atoms with Gasteiger partial charge >= 0.3 is 6.03 Å². The van der Waals surface area contributed by atoms with Crippen LogP contribution in [0.25, 0.3) is 5.57 Å². The third kappa shape index (κ3) is 10.5. The summed E-state index contributed by atoms with van der Waals surface area (Å²) in [7, 11) is 1.84. The van der Waals surface area contributed by atoms with Crippen LogP contribution in [0.3, 0.4) is 0 Å².